The number of carboxylic acid groups (broad SMARTS) is 1. The highest BCUT2D eigenvalue weighted by Crippen LogP contribution is 2.28. The molecule has 0 unspecified atom stereocenters. The van der Waals surface area contributed by atoms with Crippen LogP contribution in [0, 0.1) is 0 Å². The van der Waals surface area contributed by atoms with Crippen molar-refractivity contribution in [3.8, 4) is 17.5 Å². The predicted molar refractivity (Wildman–Crippen MR) is 51.5 cm³/mol. The lowest BCUT2D eigenvalue weighted by molar-refractivity contribution is 0.145. The van der Waals surface area contributed by atoms with Crippen LogP contribution in [0.25, 0.3) is 11.0 Å². The fourth-order valence-corrected chi connectivity index (χ4v) is 1.21. The Morgan fingerprint density at radius 1 is 1.19 bits per heavy atom. The normalized spacial score (nSPS) is 10.2. The van der Waals surface area contributed by atoms with Gasteiger partial charge in [-0.15, -0.1) is 0 Å². The predicted octanol–water partition coefficient (Wildman–Crippen LogP) is 1.10. The molecular formula is C9H6N2O5. The van der Waals surface area contributed by atoms with Crippen molar-refractivity contribution in [3.05, 3.63) is 18.2 Å². The summed E-state index contributed by atoms with van der Waals surface area (Å²) in [5, 5.41) is 26.7. The second-order valence-corrected chi connectivity index (χ2v) is 2.86. The molecule has 7 nitrogen and oxygen atoms in total. The van der Waals surface area contributed by atoms with Crippen LogP contribution in [0.4, 0.5) is 4.79 Å². The van der Waals surface area contributed by atoms with Crippen LogP contribution < -0.4 is 4.74 Å². The zero-order valence-corrected chi connectivity index (χ0v) is 7.78. The van der Waals surface area contributed by atoms with Crippen molar-refractivity contribution >= 4 is 17.2 Å². The van der Waals surface area contributed by atoms with Gasteiger partial charge in [0.2, 0.25) is 0 Å². The van der Waals surface area contributed by atoms with Gasteiger partial charge in [-0.1, -0.05) is 6.07 Å². The molecule has 0 atom stereocenters. The van der Waals surface area contributed by atoms with Gasteiger partial charge in [0.25, 0.3) is 11.8 Å². The summed E-state index contributed by atoms with van der Waals surface area (Å²) in [7, 11) is 0. The molecule has 0 spiro atoms. The van der Waals surface area contributed by atoms with Crippen LogP contribution in [0.1, 0.15) is 0 Å². The zero-order chi connectivity index (χ0) is 11.7. The van der Waals surface area contributed by atoms with Gasteiger partial charge < -0.3 is 20.1 Å². The molecule has 0 aliphatic heterocycles. The van der Waals surface area contributed by atoms with Gasteiger partial charge in [0.15, 0.2) is 5.75 Å². The number of hydrogen-bond donors (Lipinski definition) is 3. The lowest BCUT2D eigenvalue weighted by Gasteiger charge is -2.04. The Labute approximate surface area is 88.6 Å². The van der Waals surface area contributed by atoms with E-state index < -0.39 is 17.9 Å². The Hall–Kier alpha value is -2.57. The van der Waals surface area contributed by atoms with Crippen molar-refractivity contribution in [1.29, 1.82) is 0 Å². The van der Waals surface area contributed by atoms with Crippen LogP contribution in [-0.2, 0) is 0 Å². The molecule has 2 rings (SSSR count). The maximum atomic E-state index is 10.4. The Morgan fingerprint density at radius 3 is 2.56 bits per heavy atom. The van der Waals surface area contributed by atoms with E-state index in [0.29, 0.717) is 0 Å². The van der Waals surface area contributed by atoms with Crippen molar-refractivity contribution in [2.75, 3.05) is 0 Å². The van der Waals surface area contributed by atoms with E-state index in [2.05, 4.69) is 14.7 Å². The van der Waals surface area contributed by atoms with Gasteiger partial charge >= 0.3 is 6.16 Å². The molecule has 82 valence electrons. The lowest BCUT2D eigenvalue weighted by Crippen LogP contribution is -2.04. The van der Waals surface area contributed by atoms with E-state index >= 15 is 0 Å². The number of hydrogen-bond acceptors (Lipinski definition) is 6. The number of aromatic hydroxyl groups is 2. The Kier molecular flexibility index (Phi) is 2.20. The molecule has 0 radical (unpaired) electrons. The highest BCUT2D eigenvalue weighted by molar-refractivity contribution is 5.83. The minimum atomic E-state index is -1.50. The highest BCUT2D eigenvalue weighted by Gasteiger charge is 2.12. The standard InChI is InChI=1S/C9H6N2O5/c12-7-8(13)11-6-4(10-7)2-1-3-5(6)16-9(14)15/h1-3H,(H,10,12)(H,11,13)(H,14,15). The first-order valence-corrected chi connectivity index (χ1v) is 4.17. The Balaban J connectivity index is 2.67. The monoisotopic (exact) mass is 222 g/mol. The summed E-state index contributed by atoms with van der Waals surface area (Å²) in [5.74, 6) is -1.37. The summed E-state index contributed by atoms with van der Waals surface area (Å²) in [4.78, 5) is 17.6. The summed E-state index contributed by atoms with van der Waals surface area (Å²) in [6.07, 6.45) is -1.50. The largest absolute Gasteiger partial charge is 0.511 e. The molecule has 0 saturated carbocycles. The SMILES string of the molecule is O=C(O)Oc1cccc2nc(O)c(O)nc12. The molecular weight excluding hydrogens is 216 g/mol. The molecule has 0 saturated heterocycles. The van der Waals surface area contributed by atoms with Crippen molar-refractivity contribution < 1.29 is 24.9 Å². The van der Waals surface area contributed by atoms with E-state index in [9.17, 15) is 4.79 Å². The molecule has 1 aromatic carbocycles. The minimum Gasteiger partial charge on any atom is -0.489 e. The molecule has 16 heavy (non-hydrogen) atoms. The van der Waals surface area contributed by atoms with Crippen molar-refractivity contribution in [3.63, 3.8) is 0 Å². The molecule has 0 fully saturated rings. The van der Waals surface area contributed by atoms with Crippen molar-refractivity contribution in [2.24, 2.45) is 0 Å². The summed E-state index contributed by atoms with van der Waals surface area (Å²) in [6.45, 7) is 0. The lowest BCUT2D eigenvalue weighted by atomic mass is 10.3. The van der Waals surface area contributed by atoms with E-state index in [0.717, 1.165) is 0 Å². The van der Waals surface area contributed by atoms with Crippen LogP contribution in [0.2, 0.25) is 0 Å². The van der Waals surface area contributed by atoms with Gasteiger partial charge in [0.05, 0.1) is 5.52 Å². The molecule has 3 N–H and O–H groups in total. The number of carbonyl (C=O) groups is 1. The molecule has 7 heteroatoms. The van der Waals surface area contributed by atoms with Crippen molar-refractivity contribution in [2.45, 2.75) is 0 Å². The third kappa shape index (κ3) is 1.65. The van der Waals surface area contributed by atoms with Crippen molar-refractivity contribution in [1.82, 2.24) is 9.97 Å². The van der Waals surface area contributed by atoms with Gasteiger partial charge in [0, 0.05) is 0 Å². The molecule has 1 aromatic heterocycles. The minimum absolute atomic E-state index is 0.0557. The van der Waals surface area contributed by atoms with Gasteiger partial charge in [-0.3, -0.25) is 0 Å². The van der Waals surface area contributed by atoms with E-state index in [1.807, 2.05) is 0 Å². The number of para-hydroxylation sites is 1. The quantitative estimate of drug-likeness (QED) is 0.489. The van der Waals surface area contributed by atoms with Gasteiger partial charge in [-0.2, -0.15) is 0 Å². The molecule has 0 aliphatic carbocycles. The van der Waals surface area contributed by atoms with Crippen LogP contribution in [0.3, 0.4) is 0 Å². The summed E-state index contributed by atoms with van der Waals surface area (Å²) < 4.78 is 4.44. The van der Waals surface area contributed by atoms with Gasteiger partial charge in [-0.25, -0.2) is 14.8 Å². The first-order valence-electron chi connectivity index (χ1n) is 4.17. The fraction of sp³-hybridized carbons (Fsp3) is 0. The maximum Gasteiger partial charge on any atom is 0.511 e. The average Bonchev–Trinajstić information content (AvgIpc) is 2.20. The van der Waals surface area contributed by atoms with Crippen LogP contribution >= 0.6 is 0 Å². The van der Waals surface area contributed by atoms with E-state index in [4.69, 9.17) is 15.3 Å². The van der Waals surface area contributed by atoms with E-state index in [1.165, 1.54) is 18.2 Å². The third-order valence-electron chi connectivity index (χ3n) is 1.82. The molecule has 0 bridgehead atoms. The number of rotatable bonds is 1. The van der Waals surface area contributed by atoms with Crippen LogP contribution in [0.15, 0.2) is 18.2 Å². The first kappa shape index (κ1) is 9.97. The van der Waals surface area contributed by atoms with E-state index in [-0.39, 0.29) is 16.8 Å². The molecule has 2 aromatic rings. The van der Waals surface area contributed by atoms with Gasteiger partial charge in [0.1, 0.15) is 5.52 Å². The second-order valence-electron chi connectivity index (χ2n) is 2.86. The third-order valence-corrected chi connectivity index (χ3v) is 1.82. The number of nitrogens with zero attached hydrogens (tertiary/aromatic N) is 2. The Bertz CT molecular complexity index is 569. The topological polar surface area (TPSA) is 113 Å². The number of ether oxygens (including phenoxy) is 1. The summed E-state index contributed by atoms with van der Waals surface area (Å²) in [5.41, 5.74) is 0.272. The van der Waals surface area contributed by atoms with Crippen LogP contribution in [0.5, 0.6) is 17.5 Å². The second kappa shape index (κ2) is 3.54. The number of benzene rings is 1. The fourth-order valence-electron chi connectivity index (χ4n) is 1.21. The number of fused-ring (bicyclic) bond motifs is 1. The summed E-state index contributed by atoms with van der Waals surface area (Å²) in [6, 6.07) is 4.35. The Morgan fingerprint density at radius 2 is 1.88 bits per heavy atom. The molecule has 0 amide bonds. The first-order chi connectivity index (χ1) is 7.58. The average molecular weight is 222 g/mol. The highest BCUT2D eigenvalue weighted by atomic mass is 16.7. The number of aromatic nitrogens is 2. The van der Waals surface area contributed by atoms with Crippen LogP contribution in [-0.4, -0.2) is 31.4 Å². The molecule has 1 heterocycles. The van der Waals surface area contributed by atoms with Gasteiger partial charge in [-0.05, 0) is 12.1 Å². The zero-order valence-electron chi connectivity index (χ0n) is 7.78. The van der Waals surface area contributed by atoms with E-state index in [1.54, 1.807) is 0 Å². The smallest absolute Gasteiger partial charge is 0.489 e. The summed E-state index contributed by atoms with van der Waals surface area (Å²) >= 11 is 0. The maximum absolute atomic E-state index is 10.4. The molecule has 0 aliphatic rings.